The van der Waals surface area contributed by atoms with Gasteiger partial charge >= 0.3 is 0 Å². The fourth-order valence-corrected chi connectivity index (χ4v) is 3.94. The molecule has 0 unspecified atom stereocenters. The van der Waals surface area contributed by atoms with E-state index in [9.17, 15) is 26.4 Å². The number of hydrogen-bond donors (Lipinski definition) is 1. The fraction of sp³-hybridized carbons (Fsp3) is 0.188. The molecule has 1 N–H and O–H groups in total. The van der Waals surface area contributed by atoms with Crippen molar-refractivity contribution in [2.24, 2.45) is 0 Å². The molecule has 0 radical (unpaired) electrons. The van der Waals surface area contributed by atoms with E-state index >= 15 is 0 Å². The molecule has 1 aliphatic rings. The molecule has 0 spiro atoms. The molecule has 1 fully saturated rings. The van der Waals surface area contributed by atoms with Crippen molar-refractivity contribution in [2.45, 2.75) is 17.4 Å². The molecule has 0 aromatic heterocycles. The van der Waals surface area contributed by atoms with Crippen LogP contribution in [0.25, 0.3) is 0 Å². The first-order chi connectivity index (χ1) is 11.8. The highest BCUT2D eigenvalue weighted by Crippen LogP contribution is 2.23. The average molecular weight is 370 g/mol. The number of carbonyl (C=O) groups is 1. The standard InChI is InChI=1S/C16H13F3N2O3S/c17-10-1-4-13(5-2-10)21-9-12(8-16(21)22)20-25(23,24)15-7-11(18)3-6-14(15)19/h1-7,12,20H,8-9H2/t12-/m1/s1. The minimum atomic E-state index is -4.34. The molecule has 25 heavy (non-hydrogen) atoms. The molecule has 1 heterocycles. The zero-order chi connectivity index (χ0) is 18.2. The van der Waals surface area contributed by atoms with Crippen LogP contribution in [0.5, 0.6) is 0 Å². The lowest BCUT2D eigenvalue weighted by Crippen LogP contribution is -2.37. The van der Waals surface area contributed by atoms with Crippen molar-refractivity contribution in [1.82, 2.24) is 4.72 Å². The van der Waals surface area contributed by atoms with Crippen molar-refractivity contribution in [3.63, 3.8) is 0 Å². The van der Waals surface area contributed by atoms with Crippen LogP contribution in [0.15, 0.2) is 47.4 Å². The Balaban J connectivity index is 1.79. The summed E-state index contributed by atoms with van der Waals surface area (Å²) < 4.78 is 66.6. The number of rotatable bonds is 4. The van der Waals surface area contributed by atoms with Crippen molar-refractivity contribution in [1.29, 1.82) is 0 Å². The molecule has 1 aliphatic heterocycles. The van der Waals surface area contributed by atoms with E-state index in [2.05, 4.69) is 4.72 Å². The van der Waals surface area contributed by atoms with E-state index in [-0.39, 0.29) is 18.9 Å². The van der Waals surface area contributed by atoms with Gasteiger partial charge in [-0.25, -0.2) is 26.3 Å². The predicted octanol–water partition coefficient (Wildman–Crippen LogP) is 2.19. The zero-order valence-electron chi connectivity index (χ0n) is 12.7. The Bertz CT molecular complexity index is 917. The van der Waals surface area contributed by atoms with Crippen molar-refractivity contribution < 1.29 is 26.4 Å². The Kier molecular flexibility index (Phi) is 4.53. The Morgan fingerprint density at radius 2 is 1.64 bits per heavy atom. The SMILES string of the molecule is O=C1C[C@@H](NS(=O)(=O)c2cc(F)ccc2F)CN1c1ccc(F)cc1. The van der Waals surface area contributed by atoms with E-state index in [0.29, 0.717) is 17.8 Å². The van der Waals surface area contributed by atoms with Gasteiger partial charge in [-0.2, -0.15) is 0 Å². The highest BCUT2D eigenvalue weighted by molar-refractivity contribution is 7.89. The summed E-state index contributed by atoms with van der Waals surface area (Å²) in [6.45, 7) is 0.000625. The third-order valence-corrected chi connectivity index (χ3v) is 5.30. The Hall–Kier alpha value is -2.39. The Morgan fingerprint density at radius 3 is 2.32 bits per heavy atom. The van der Waals surface area contributed by atoms with Crippen LogP contribution in [-0.4, -0.2) is 26.9 Å². The molecular formula is C16H13F3N2O3S. The largest absolute Gasteiger partial charge is 0.311 e. The third-order valence-electron chi connectivity index (χ3n) is 3.77. The number of carbonyl (C=O) groups excluding carboxylic acids is 1. The molecular weight excluding hydrogens is 357 g/mol. The van der Waals surface area contributed by atoms with E-state index in [0.717, 1.165) is 6.07 Å². The number of anilines is 1. The van der Waals surface area contributed by atoms with Crippen LogP contribution >= 0.6 is 0 Å². The average Bonchev–Trinajstić information content (AvgIpc) is 2.90. The van der Waals surface area contributed by atoms with Gasteiger partial charge in [-0.05, 0) is 42.5 Å². The predicted molar refractivity (Wildman–Crippen MR) is 83.8 cm³/mol. The van der Waals surface area contributed by atoms with E-state index in [1.807, 2.05) is 0 Å². The van der Waals surface area contributed by atoms with Gasteiger partial charge < -0.3 is 4.90 Å². The number of benzene rings is 2. The molecule has 1 atom stereocenters. The van der Waals surface area contributed by atoms with Crippen LogP contribution in [-0.2, 0) is 14.8 Å². The maximum absolute atomic E-state index is 13.7. The van der Waals surface area contributed by atoms with E-state index < -0.39 is 38.4 Å². The van der Waals surface area contributed by atoms with Crippen molar-refractivity contribution in [3.05, 3.63) is 59.9 Å². The third kappa shape index (κ3) is 3.67. The fourth-order valence-electron chi connectivity index (χ4n) is 2.62. The highest BCUT2D eigenvalue weighted by Gasteiger charge is 2.34. The first-order valence-electron chi connectivity index (χ1n) is 7.29. The van der Waals surface area contributed by atoms with Gasteiger partial charge in [0.15, 0.2) is 0 Å². The Morgan fingerprint density at radius 1 is 1.00 bits per heavy atom. The van der Waals surface area contributed by atoms with Crippen LogP contribution < -0.4 is 9.62 Å². The molecule has 0 aliphatic carbocycles. The monoisotopic (exact) mass is 370 g/mol. The van der Waals surface area contributed by atoms with Gasteiger partial charge in [0, 0.05) is 24.7 Å². The van der Waals surface area contributed by atoms with Crippen molar-refractivity contribution in [2.75, 3.05) is 11.4 Å². The molecule has 3 rings (SSSR count). The molecule has 0 bridgehead atoms. The number of sulfonamides is 1. The van der Waals surface area contributed by atoms with Gasteiger partial charge in [-0.3, -0.25) is 4.79 Å². The molecule has 1 saturated heterocycles. The number of amides is 1. The van der Waals surface area contributed by atoms with Crippen LogP contribution in [0, 0.1) is 17.5 Å². The van der Waals surface area contributed by atoms with Gasteiger partial charge in [0.25, 0.3) is 0 Å². The van der Waals surface area contributed by atoms with Crippen LogP contribution in [0.4, 0.5) is 18.9 Å². The van der Waals surface area contributed by atoms with E-state index in [1.165, 1.54) is 29.2 Å². The molecule has 1 amide bonds. The molecule has 2 aromatic carbocycles. The van der Waals surface area contributed by atoms with Gasteiger partial charge in [0.1, 0.15) is 22.3 Å². The number of nitrogens with zero attached hydrogens (tertiary/aromatic N) is 1. The summed E-state index contributed by atoms with van der Waals surface area (Å²) in [6, 6.07) is 6.45. The van der Waals surface area contributed by atoms with Gasteiger partial charge in [-0.1, -0.05) is 0 Å². The first-order valence-corrected chi connectivity index (χ1v) is 8.78. The second kappa shape index (κ2) is 6.49. The zero-order valence-corrected chi connectivity index (χ0v) is 13.6. The maximum atomic E-state index is 13.7. The van der Waals surface area contributed by atoms with Crippen LogP contribution in [0.3, 0.4) is 0 Å². The topological polar surface area (TPSA) is 66.5 Å². The quantitative estimate of drug-likeness (QED) is 0.897. The van der Waals surface area contributed by atoms with Crippen LogP contribution in [0.2, 0.25) is 0 Å². The molecule has 132 valence electrons. The minimum absolute atomic E-state index is 0.000625. The molecule has 0 saturated carbocycles. The number of hydrogen-bond acceptors (Lipinski definition) is 3. The first kappa shape index (κ1) is 17.4. The van der Waals surface area contributed by atoms with Crippen LogP contribution in [0.1, 0.15) is 6.42 Å². The summed E-state index contributed by atoms with van der Waals surface area (Å²) >= 11 is 0. The molecule has 2 aromatic rings. The summed E-state index contributed by atoms with van der Waals surface area (Å²) in [5, 5.41) is 0. The second-order valence-corrected chi connectivity index (χ2v) is 7.26. The lowest BCUT2D eigenvalue weighted by atomic mass is 10.3. The minimum Gasteiger partial charge on any atom is -0.311 e. The van der Waals surface area contributed by atoms with Gasteiger partial charge in [-0.15, -0.1) is 0 Å². The smallest absolute Gasteiger partial charge is 0.243 e. The number of nitrogens with one attached hydrogen (secondary N) is 1. The van der Waals surface area contributed by atoms with Gasteiger partial charge in [0.05, 0.1) is 0 Å². The van der Waals surface area contributed by atoms with Crippen molar-refractivity contribution >= 4 is 21.6 Å². The van der Waals surface area contributed by atoms with Gasteiger partial charge in [0.2, 0.25) is 15.9 Å². The summed E-state index contributed by atoms with van der Waals surface area (Å²) in [5.74, 6) is -2.81. The van der Waals surface area contributed by atoms with E-state index in [4.69, 9.17) is 0 Å². The highest BCUT2D eigenvalue weighted by atomic mass is 32.2. The van der Waals surface area contributed by atoms with E-state index in [1.54, 1.807) is 0 Å². The lowest BCUT2D eigenvalue weighted by molar-refractivity contribution is -0.117. The summed E-state index contributed by atoms with van der Waals surface area (Å²) in [7, 11) is -4.34. The number of halogens is 3. The second-order valence-electron chi connectivity index (χ2n) is 5.58. The normalized spacial score (nSPS) is 18.0. The summed E-state index contributed by atoms with van der Waals surface area (Å²) in [4.78, 5) is 12.6. The lowest BCUT2D eigenvalue weighted by Gasteiger charge is -2.17. The maximum Gasteiger partial charge on any atom is 0.243 e. The summed E-state index contributed by atoms with van der Waals surface area (Å²) in [5.41, 5.74) is 0.421. The summed E-state index contributed by atoms with van der Waals surface area (Å²) in [6.07, 6.45) is -0.145. The van der Waals surface area contributed by atoms with Crippen molar-refractivity contribution in [3.8, 4) is 0 Å². The molecule has 9 heteroatoms. The Labute approximate surface area is 142 Å². The molecule has 5 nitrogen and oxygen atoms in total.